The molecule has 0 saturated heterocycles. The van der Waals surface area contributed by atoms with Gasteiger partial charge in [-0.2, -0.15) is 0 Å². The molecule has 1 aliphatic rings. The second kappa shape index (κ2) is 6.94. The third kappa shape index (κ3) is 3.43. The van der Waals surface area contributed by atoms with Crippen LogP contribution in [0, 0.1) is 5.41 Å². The predicted octanol–water partition coefficient (Wildman–Crippen LogP) is 4.36. The second-order valence-corrected chi connectivity index (χ2v) is 6.60. The molecule has 7 heteroatoms. The summed E-state index contributed by atoms with van der Waals surface area (Å²) in [5.41, 5.74) is -0.291. The number of rotatable bonds is 5. The van der Waals surface area contributed by atoms with E-state index < -0.39 is 11.3 Å². The zero-order valence-corrected chi connectivity index (χ0v) is 14.9. The third-order valence-corrected chi connectivity index (χ3v) is 4.81. The van der Waals surface area contributed by atoms with Gasteiger partial charge in [0.2, 0.25) is 11.8 Å². The number of hydrogen-bond donors (Lipinski definition) is 2. The van der Waals surface area contributed by atoms with Crippen molar-refractivity contribution in [3.8, 4) is 5.75 Å². The minimum Gasteiger partial charge on any atom is -0.495 e. The lowest BCUT2D eigenvalue weighted by molar-refractivity contribution is -0.131. The lowest BCUT2D eigenvalue weighted by Crippen LogP contribution is -2.35. The van der Waals surface area contributed by atoms with Crippen LogP contribution in [0.1, 0.15) is 12.8 Å². The molecule has 1 fully saturated rings. The zero-order valence-electron chi connectivity index (χ0n) is 13.4. The summed E-state index contributed by atoms with van der Waals surface area (Å²) in [5, 5.41) is 6.09. The Morgan fingerprint density at radius 2 is 1.56 bits per heavy atom. The number of carbonyl (C=O) groups excluding carboxylic acids is 2. The van der Waals surface area contributed by atoms with Crippen LogP contribution in [-0.4, -0.2) is 18.9 Å². The maximum absolute atomic E-state index is 12.7. The highest BCUT2D eigenvalue weighted by molar-refractivity contribution is 6.40. The molecule has 0 spiro atoms. The Labute approximate surface area is 155 Å². The van der Waals surface area contributed by atoms with Crippen LogP contribution in [-0.2, 0) is 9.59 Å². The first-order valence-electron chi connectivity index (χ1n) is 7.68. The molecule has 0 aliphatic heterocycles. The molecule has 2 aromatic rings. The average Bonchev–Trinajstić information content (AvgIpc) is 3.40. The van der Waals surface area contributed by atoms with Gasteiger partial charge in [-0.15, -0.1) is 0 Å². The van der Waals surface area contributed by atoms with E-state index in [1.807, 2.05) is 0 Å². The lowest BCUT2D eigenvalue weighted by atomic mass is 10.0. The maximum atomic E-state index is 12.7. The van der Waals surface area contributed by atoms with E-state index in [4.69, 9.17) is 27.9 Å². The van der Waals surface area contributed by atoms with Gasteiger partial charge in [-0.25, -0.2) is 0 Å². The fraction of sp³-hybridized carbons (Fsp3) is 0.222. The Hall–Kier alpha value is -2.24. The smallest absolute Gasteiger partial charge is 0.240 e. The molecule has 2 N–H and O–H groups in total. The Balaban J connectivity index is 1.77. The SMILES string of the molecule is COc1ccccc1NC(=O)C1(C(=O)Nc2c(Cl)cccc2Cl)CC1. The number of halogens is 2. The minimum absolute atomic E-state index is 0.312. The fourth-order valence-corrected chi connectivity index (χ4v) is 3.01. The minimum atomic E-state index is -1.12. The quantitative estimate of drug-likeness (QED) is 0.759. The molecule has 2 aromatic carbocycles. The van der Waals surface area contributed by atoms with Crippen LogP contribution in [0.5, 0.6) is 5.75 Å². The van der Waals surface area contributed by atoms with Crippen molar-refractivity contribution < 1.29 is 14.3 Å². The first-order chi connectivity index (χ1) is 12.0. The molecular formula is C18H16Cl2N2O3. The fourth-order valence-electron chi connectivity index (χ4n) is 2.52. The number of methoxy groups -OCH3 is 1. The number of amides is 2. The summed E-state index contributed by atoms with van der Waals surface area (Å²) in [6, 6.07) is 12.0. The maximum Gasteiger partial charge on any atom is 0.240 e. The van der Waals surface area contributed by atoms with Gasteiger partial charge in [-0.1, -0.05) is 41.4 Å². The highest BCUT2D eigenvalue weighted by atomic mass is 35.5. The van der Waals surface area contributed by atoms with Crippen LogP contribution in [0.2, 0.25) is 10.0 Å². The van der Waals surface area contributed by atoms with E-state index in [1.165, 1.54) is 7.11 Å². The van der Waals surface area contributed by atoms with E-state index in [2.05, 4.69) is 10.6 Å². The molecule has 3 rings (SSSR count). The van der Waals surface area contributed by atoms with E-state index in [1.54, 1.807) is 42.5 Å². The van der Waals surface area contributed by atoms with Gasteiger partial charge in [0.15, 0.2) is 0 Å². The Morgan fingerprint density at radius 3 is 2.16 bits per heavy atom. The van der Waals surface area contributed by atoms with Gasteiger partial charge >= 0.3 is 0 Å². The zero-order chi connectivity index (χ0) is 18.0. The van der Waals surface area contributed by atoms with Gasteiger partial charge in [0, 0.05) is 0 Å². The molecule has 0 aromatic heterocycles. The number of para-hydroxylation sites is 3. The number of ether oxygens (including phenoxy) is 1. The molecule has 0 radical (unpaired) electrons. The molecule has 0 heterocycles. The van der Waals surface area contributed by atoms with Gasteiger partial charge in [-0.05, 0) is 37.1 Å². The molecular weight excluding hydrogens is 363 g/mol. The first kappa shape index (κ1) is 17.6. The normalized spacial score (nSPS) is 14.5. The molecule has 1 saturated carbocycles. The summed E-state index contributed by atoms with van der Waals surface area (Å²) >= 11 is 12.2. The van der Waals surface area contributed by atoms with E-state index >= 15 is 0 Å². The van der Waals surface area contributed by atoms with E-state index in [0.29, 0.717) is 40.0 Å². The Bertz CT molecular complexity index is 815. The van der Waals surface area contributed by atoms with Crippen LogP contribution in [0.15, 0.2) is 42.5 Å². The van der Waals surface area contributed by atoms with Gasteiger partial charge in [-0.3, -0.25) is 9.59 Å². The van der Waals surface area contributed by atoms with Crippen molar-refractivity contribution in [3.05, 3.63) is 52.5 Å². The number of anilines is 2. The lowest BCUT2D eigenvalue weighted by Gasteiger charge is -2.17. The summed E-state index contributed by atoms with van der Waals surface area (Å²) in [6.07, 6.45) is 0.920. The van der Waals surface area contributed by atoms with E-state index in [0.717, 1.165) is 0 Å². The molecule has 2 amide bonds. The monoisotopic (exact) mass is 378 g/mol. The highest BCUT2D eigenvalue weighted by Gasteiger charge is 2.56. The molecule has 0 bridgehead atoms. The summed E-state index contributed by atoms with van der Waals surface area (Å²) in [5.74, 6) is -0.270. The summed E-state index contributed by atoms with van der Waals surface area (Å²) in [7, 11) is 1.52. The van der Waals surface area contributed by atoms with Crippen molar-refractivity contribution in [2.75, 3.05) is 17.7 Å². The Morgan fingerprint density at radius 1 is 0.960 bits per heavy atom. The molecule has 5 nitrogen and oxygen atoms in total. The van der Waals surface area contributed by atoms with Crippen molar-refractivity contribution >= 4 is 46.4 Å². The van der Waals surface area contributed by atoms with Gasteiger partial charge in [0.1, 0.15) is 11.2 Å². The number of hydrogen-bond acceptors (Lipinski definition) is 3. The molecule has 0 atom stereocenters. The standard InChI is InChI=1S/C18H16Cl2N2O3/c1-25-14-8-3-2-7-13(14)21-16(23)18(9-10-18)17(24)22-15-11(19)5-4-6-12(15)20/h2-8H,9-10H2,1H3,(H,21,23)(H,22,24). The second-order valence-electron chi connectivity index (χ2n) is 5.79. The number of carbonyl (C=O) groups is 2. The first-order valence-corrected chi connectivity index (χ1v) is 8.43. The number of nitrogens with one attached hydrogen (secondary N) is 2. The van der Waals surface area contributed by atoms with Crippen LogP contribution in [0.25, 0.3) is 0 Å². The van der Waals surface area contributed by atoms with Crippen molar-refractivity contribution in [2.24, 2.45) is 5.41 Å². The van der Waals surface area contributed by atoms with Crippen LogP contribution < -0.4 is 15.4 Å². The predicted molar refractivity (Wildman–Crippen MR) is 98.4 cm³/mol. The molecule has 130 valence electrons. The number of benzene rings is 2. The average molecular weight is 379 g/mol. The summed E-state index contributed by atoms with van der Waals surface area (Å²) < 4.78 is 5.22. The van der Waals surface area contributed by atoms with Crippen molar-refractivity contribution in [3.63, 3.8) is 0 Å². The largest absolute Gasteiger partial charge is 0.495 e. The topological polar surface area (TPSA) is 67.4 Å². The Kier molecular flexibility index (Phi) is 4.88. The van der Waals surface area contributed by atoms with Crippen molar-refractivity contribution in [2.45, 2.75) is 12.8 Å². The van der Waals surface area contributed by atoms with Crippen molar-refractivity contribution in [1.82, 2.24) is 0 Å². The van der Waals surface area contributed by atoms with Crippen LogP contribution >= 0.6 is 23.2 Å². The van der Waals surface area contributed by atoms with Gasteiger partial charge in [0.25, 0.3) is 0 Å². The van der Waals surface area contributed by atoms with Gasteiger partial charge < -0.3 is 15.4 Å². The summed E-state index contributed by atoms with van der Waals surface area (Å²) in [6.45, 7) is 0. The van der Waals surface area contributed by atoms with Crippen LogP contribution in [0.3, 0.4) is 0 Å². The van der Waals surface area contributed by atoms with Crippen LogP contribution in [0.4, 0.5) is 11.4 Å². The third-order valence-electron chi connectivity index (χ3n) is 4.18. The van der Waals surface area contributed by atoms with Crippen molar-refractivity contribution in [1.29, 1.82) is 0 Å². The molecule has 0 unspecified atom stereocenters. The van der Waals surface area contributed by atoms with E-state index in [9.17, 15) is 9.59 Å². The highest BCUT2D eigenvalue weighted by Crippen LogP contribution is 2.48. The molecule has 1 aliphatic carbocycles. The van der Waals surface area contributed by atoms with Gasteiger partial charge in [0.05, 0.1) is 28.5 Å². The summed E-state index contributed by atoms with van der Waals surface area (Å²) in [4.78, 5) is 25.3. The molecule has 25 heavy (non-hydrogen) atoms. The van der Waals surface area contributed by atoms with E-state index in [-0.39, 0.29) is 5.91 Å².